The zero-order chi connectivity index (χ0) is 9.10. The summed E-state index contributed by atoms with van der Waals surface area (Å²) in [4.78, 5) is 0. The lowest BCUT2D eigenvalue weighted by atomic mass is 10.2. The molecule has 1 fully saturated rings. The molecule has 0 amide bonds. The van der Waals surface area contributed by atoms with Crippen molar-refractivity contribution in [3.8, 4) is 11.5 Å². The van der Waals surface area contributed by atoms with E-state index in [9.17, 15) is 0 Å². The zero-order valence-electron chi connectivity index (χ0n) is 7.53. The normalized spacial score (nSPS) is 39.5. The lowest BCUT2D eigenvalue weighted by Crippen LogP contribution is -2.34. The van der Waals surface area contributed by atoms with E-state index in [1.54, 1.807) is 0 Å². The van der Waals surface area contributed by atoms with Crippen LogP contribution in [0.5, 0.6) is 11.5 Å². The molecule has 3 rings (SSSR count). The first-order chi connectivity index (χ1) is 6.13. The molecule has 2 atom stereocenters. The van der Waals surface area contributed by atoms with Crippen LogP contribution in [-0.4, -0.2) is 11.6 Å². The van der Waals surface area contributed by atoms with Crippen molar-refractivity contribution in [2.45, 2.75) is 25.4 Å². The topological polar surface area (TPSA) is 31.0 Å². The molecule has 0 radical (unpaired) electrons. The summed E-state index contributed by atoms with van der Waals surface area (Å²) in [6.45, 7) is 3.76. The first-order valence-electron chi connectivity index (χ1n) is 4.30. The highest BCUT2D eigenvalue weighted by molar-refractivity contribution is 5.43. The van der Waals surface area contributed by atoms with Gasteiger partial charge in [-0.1, -0.05) is 12.1 Å². The van der Waals surface area contributed by atoms with Crippen LogP contribution >= 0.6 is 0 Å². The molecule has 1 saturated heterocycles. The average Bonchev–Trinajstić information content (AvgIpc) is 2.61. The smallest absolute Gasteiger partial charge is 0.277 e. The van der Waals surface area contributed by atoms with Crippen LogP contribution in [0.4, 0.5) is 0 Å². The molecule has 1 aromatic rings. The summed E-state index contributed by atoms with van der Waals surface area (Å²) < 4.78 is 16.7. The molecule has 2 heterocycles. The van der Waals surface area contributed by atoms with Crippen LogP contribution in [0.25, 0.3) is 0 Å². The van der Waals surface area contributed by atoms with Gasteiger partial charge in [-0.25, -0.2) is 0 Å². The molecule has 13 heavy (non-hydrogen) atoms. The van der Waals surface area contributed by atoms with Gasteiger partial charge < -0.3 is 9.47 Å². The Morgan fingerprint density at radius 3 is 1.85 bits per heavy atom. The third-order valence-corrected chi connectivity index (χ3v) is 2.63. The van der Waals surface area contributed by atoms with Crippen LogP contribution in [-0.2, 0) is 4.74 Å². The fourth-order valence-electron chi connectivity index (χ4n) is 1.61. The molecule has 2 unspecified atom stereocenters. The fraction of sp³-hybridized carbons (Fsp3) is 0.400. The fourth-order valence-corrected chi connectivity index (χ4v) is 1.61. The zero-order valence-corrected chi connectivity index (χ0v) is 7.53. The average molecular weight is 178 g/mol. The number of hydrogen-bond donors (Lipinski definition) is 0. The summed E-state index contributed by atoms with van der Waals surface area (Å²) in [6.07, 6.45) is 0. The van der Waals surface area contributed by atoms with Gasteiger partial charge in [0.1, 0.15) is 0 Å². The van der Waals surface area contributed by atoms with E-state index in [-0.39, 0.29) is 0 Å². The van der Waals surface area contributed by atoms with E-state index in [1.165, 1.54) is 0 Å². The van der Waals surface area contributed by atoms with Gasteiger partial charge in [-0.05, 0) is 12.1 Å². The lowest BCUT2D eigenvalue weighted by Gasteiger charge is -2.23. The molecule has 2 aliphatic heterocycles. The van der Waals surface area contributed by atoms with E-state index in [0.717, 1.165) is 11.5 Å². The van der Waals surface area contributed by atoms with E-state index in [2.05, 4.69) is 0 Å². The summed E-state index contributed by atoms with van der Waals surface area (Å²) in [5.41, 5.74) is 0. The number of benzene rings is 1. The molecule has 0 saturated carbocycles. The van der Waals surface area contributed by atoms with Crippen molar-refractivity contribution in [1.82, 2.24) is 0 Å². The van der Waals surface area contributed by atoms with E-state index in [1.807, 2.05) is 38.1 Å². The first kappa shape index (κ1) is 7.21. The van der Waals surface area contributed by atoms with E-state index in [4.69, 9.17) is 14.2 Å². The van der Waals surface area contributed by atoms with Gasteiger partial charge in [-0.2, -0.15) is 0 Å². The van der Waals surface area contributed by atoms with E-state index < -0.39 is 11.6 Å². The second-order valence-corrected chi connectivity index (χ2v) is 3.64. The molecule has 3 nitrogen and oxygen atoms in total. The molecular formula is C10H10O3. The van der Waals surface area contributed by atoms with Gasteiger partial charge >= 0.3 is 0 Å². The Balaban J connectivity index is 2.08. The number of hydrogen-bond acceptors (Lipinski definition) is 3. The van der Waals surface area contributed by atoms with Crippen molar-refractivity contribution in [3.63, 3.8) is 0 Å². The van der Waals surface area contributed by atoms with Crippen molar-refractivity contribution in [1.29, 1.82) is 0 Å². The lowest BCUT2D eigenvalue weighted by molar-refractivity contribution is 0.0430. The Kier molecular flexibility index (Phi) is 1.01. The van der Waals surface area contributed by atoms with Crippen LogP contribution in [0.1, 0.15) is 13.8 Å². The Bertz CT molecular complexity index is 341. The largest absolute Gasteiger partial charge is 0.451 e. The summed E-state index contributed by atoms with van der Waals surface area (Å²) >= 11 is 0. The van der Waals surface area contributed by atoms with Gasteiger partial charge in [0.25, 0.3) is 11.6 Å². The van der Waals surface area contributed by atoms with Crippen LogP contribution in [0.3, 0.4) is 0 Å². The Hall–Kier alpha value is -1.22. The van der Waals surface area contributed by atoms with Crippen molar-refractivity contribution in [2.24, 2.45) is 0 Å². The van der Waals surface area contributed by atoms with Gasteiger partial charge in [0.2, 0.25) is 0 Å². The molecule has 0 aliphatic carbocycles. The van der Waals surface area contributed by atoms with E-state index >= 15 is 0 Å². The number of epoxide rings is 1. The minimum absolute atomic E-state index is 0.596. The summed E-state index contributed by atoms with van der Waals surface area (Å²) in [6, 6.07) is 7.58. The van der Waals surface area contributed by atoms with Gasteiger partial charge in [0.05, 0.1) is 0 Å². The number of para-hydroxylation sites is 2. The van der Waals surface area contributed by atoms with Gasteiger partial charge in [0, 0.05) is 13.8 Å². The van der Waals surface area contributed by atoms with Crippen LogP contribution in [0, 0.1) is 0 Å². The minimum Gasteiger partial charge on any atom is -0.451 e. The molecule has 2 aliphatic rings. The Labute approximate surface area is 76.2 Å². The summed E-state index contributed by atoms with van der Waals surface area (Å²) in [5, 5.41) is 0. The highest BCUT2D eigenvalue weighted by Crippen LogP contribution is 2.55. The standard InChI is InChI=1S/C10H10O3/c1-9-10(2,13-9)12-8-6-4-3-5-7(8)11-9/h3-6H,1-2H3. The first-order valence-corrected chi connectivity index (χ1v) is 4.30. The van der Waals surface area contributed by atoms with Gasteiger partial charge in [-0.15, -0.1) is 0 Å². The number of ether oxygens (including phenoxy) is 3. The van der Waals surface area contributed by atoms with Crippen molar-refractivity contribution < 1.29 is 14.2 Å². The SMILES string of the molecule is CC12Oc3ccccc3OC1(C)O2. The maximum Gasteiger partial charge on any atom is 0.277 e. The highest BCUT2D eigenvalue weighted by Gasteiger charge is 2.72. The van der Waals surface area contributed by atoms with Crippen molar-refractivity contribution in [3.05, 3.63) is 24.3 Å². The molecule has 3 heteroatoms. The van der Waals surface area contributed by atoms with Crippen molar-refractivity contribution in [2.75, 3.05) is 0 Å². The molecule has 0 spiro atoms. The number of rotatable bonds is 0. The second kappa shape index (κ2) is 1.82. The molecule has 1 aromatic carbocycles. The highest BCUT2D eigenvalue weighted by atomic mass is 16.9. The molecule has 0 aromatic heterocycles. The molecule has 0 N–H and O–H groups in total. The predicted molar refractivity (Wildman–Crippen MR) is 45.6 cm³/mol. The number of fused-ring (bicyclic) bond motifs is 2. The third kappa shape index (κ3) is 0.773. The molecular weight excluding hydrogens is 168 g/mol. The van der Waals surface area contributed by atoms with Gasteiger partial charge in [0.15, 0.2) is 11.5 Å². The minimum atomic E-state index is -0.596. The third-order valence-electron chi connectivity index (χ3n) is 2.63. The Morgan fingerprint density at radius 2 is 1.38 bits per heavy atom. The Morgan fingerprint density at radius 1 is 0.923 bits per heavy atom. The quantitative estimate of drug-likeness (QED) is 0.569. The van der Waals surface area contributed by atoms with Crippen molar-refractivity contribution >= 4 is 0 Å². The predicted octanol–water partition coefficient (Wildman–Crippen LogP) is 1.92. The monoisotopic (exact) mass is 178 g/mol. The summed E-state index contributed by atoms with van der Waals surface area (Å²) in [7, 11) is 0. The van der Waals surface area contributed by atoms with Crippen LogP contribution in [0.2, 0.25) is 0 Å². The molecule has 68 valence electrons. The van der Waals surface area contributed by atoms with Crippen LogP contribution < -0.4 is 9.47 Å². The maximum atomic E-state index is 5.65. The molecule has 0 bridgehead atoms. The summed E-state index contributed by atoms with van der Waals surface area (Å²) in [5.74, 6) is 0.308. The second-order valence-electron chi connectivity index (χ2n) is 3.64. The van der Waals surface area contributed by atoms with E-state index in [0.29, 0.717) is 0 Å². The van der Waals surface area contributed by atoms with Gasteiger partial charge in [-0.3, -0.25) is 4.74 Å². The van der Waals surface area contributed by atoms with Crippen LogP contribution in [0.15, 0.2) is 24.3 Å². The maximum absolute atomic E-state index is 5.65.